The molecule has 0 radical (unpaired) electrons. The van der Waals surface area contributed by atoms with Gasteiger partial charge in [0.1, 0.15) is 0 Å². The van der Waals surface area contributed by atoms with Crippen molar-refractivity contribution >= 4 is 5.97 Å². The first-order valence-electron chi connectivity index (χ1n) is 7.61. The van der Waals surface area contributed by atoms with Gasteiger partial charge >= 0.3 is 53.9 Å². The maximum Gasteiger partial charge on any atom is 0.384 e. The minimum Gasteiger partial charge on any atom is -0.478 e. The van der Waals surface area contributed by atoms with Gasteiger partial charge in [-0.05, 0) is 12.8 Å². The van der Waals surface area contributed by atoms with Crippen LogP contribution < -0.4 is 0 Å². The molecule has 0 atom stereocenters. The summed E-state index contributed by atoms with van der Waals surface area (Å²) in [6, 6.07) is 0. The van der Waals surface area contributed by atoms with Gasteiger partial charge in [0, 0.05) is 12.0 Å². The van der Waals surface area contributed by atoms with E-state index in [4.69, 9.17) is 5.11 Å². The van der Waals surface area contributed by atoms with Gasteiger partial charge in [-0.15, -0.1) is 0 Å². The van der Waals surface area contributed by atoms with Gasteiger partial charge in [0.05, 0.1) is 0 Å². The van der Waals surface area contributed by atoms with Gasteiger partial charge in [0.25, 0.3) is 0 Å². The van der Waals surface area contributed by atoms with Crippen molar-refractivity contribution in [2.24, 2.45) is 0 Å². The summed E-state index contributed by atoms with van der Waals surface area (Å²) in [4.78, 5) is 10.4. The van der Waals surface area contributed by atoms with Gasteiger partial charge in [0.15, 0.2) is 0 Å². The highest BCUT2D eigenvalue weighted by atomic mass is 19.4. The Labute approximate surface area is 166 Å². The molecule has 0 aliphatic rings. The van der Waals surface area contributed by atoms with E-state index in [2.05, 4.69) is 6.58 Å². The molecule has 0 spiro atoms. The van der Waals surface area contributed by atoms with Crippen molar-refractivity contribution in [1.82, 2.24) is 0 Å². The number of carboxylic acids is 1. The number of carboxylic acid groups (broad SMARTS) is 1. The first-order chi connectivity index (χ1) is 13.8. The molecule has 0 amide bonds. The smallest absolute Gasteiger partial charge is 0.384 e. The Balaban J connectivity index is 6.26. The number of hydrogen-bond donors (Lipinski definition) is 1. The van der Waals surface area contributed by atoms with E-state index in [0.29, 0.717) is 0 Å². The molecule has 0 rings (SSSR count). The second kappa shape index (κ2) is 8.46. The van der Waals surface area contributed by atoms with Crippen LogP contribution in [0.1, 0.15) is 19.3 Å². The molecule has 1 N–H and O–H groups in total. The Hall–Kier alpha value is -1.91. The van der Waals surface area contributed by atoms with Gasteiger partial charge in [-0.2, -0.15) is 61.5 Å². The maximum absolute atomic E-state index is 13.5. The van der Waals surface area contributed by atoms with E-state index in [9.17, 15) is 75.0 Å². The highest BCUT2D eigenvalue weighted by Crippen LogP contribution is 2.63. The molecule has 32 heavy (non-hydrogen) atoms. The van der Waals surface area contributed by atoms with Crippen molar-refractivity contribution in [3.05, 3.63) is 12.2 Å². The molecule has 0 unspecified atom stereocenters. The zero-order chi connectivity index (χ0) is 26.4. The lowest BCUT2D eigenvalue weighted by Crippen LogP contribution is -2.73. The zero-order valence-corrected chi connectivity index (χ0v) is 14.8. The SMILES string of the molecule is C=C(CCCC(F)(F)C(F)(F)C(F)(F)C(F)(F)C(F)(F)C(F)(F)C(F)(F)C(F)F)C(=O)O. The average Bonchev–Trinajstić information content (AvgIpc) is 2.59. The second-order valence-electron chi connectivity index (χ2n) is 6.26. The lowest BCUT2D eigenvalue weighted by Gasteiger charge is -2.42. The summed E-state index contributed by atoms with van der Waals surface area (Å²) in [6.45, 7) is 2.71. The molecule has 0 saturated heterocycles. The molecule has 0 bridgehead atoms. The van der Waals surface area contributed by atoms with Crippen LogP contribution in [0.3, 0.4) is 0 Å². The van der Waals surface area contributed by atoms with Gasteiger partial charge in [0.2, 0.25) is 0 Å². The molecule has 0 heterocycles. The molecule has 2 nitrogen and oxygen atoms in total. The molecule has 18 heteroatoms. The third-order valence-corrected chi connectivity index (χ3v) is 4.00. The van der Waals surface area contributed by atoms with Crippen LogP contribution in [0.15, 0.2) is 12.2 Å². The van der Waals surface area contributed by atoms with Crippen LogP contribution in [0.2, 0.25) is 0 Å². The van der Waals surface area contributed by atoms with E-state index < -0.39 is 78.7 Å². The standard InChI is InChI=1S/C14H10F16O2/c1-5(6(31)32)3-2-4-8(17,18)10(21,22)12(25,26)14(29,30)13(27,28)11(23,24)9(19,20)7(15)16/h7H,1-4H2,(H,31,32). The van der Waals surface area contributed by atoms with Crippen molar-refractivity contribution in [2.75, 3.05) is 0 Å². The van der Waals surface area contributed by atoms with Gasteiger partial charge in [-0.25, -0.2) is 13.6 Å². The van der Waals surface area contributed by atoms with Crippen LogP contribution in [-0.4, -0.2) is 59.0 Å². The monoisotopic (exact) mass is 514 g/mol. The molecule has 0 saturated carbocycles. The first kappa shape index (κ1) is 30.1. The minimum atomic E-state index is -8.43. The Morgan fingerprint density at radius 3 is 1.38 bits per heavy atom. The summed E-state index contributed by atoms with van der Waals surface area (Å²) in [5.74, 6) is -56.6. The topological polar surface area (TPSA) is 37.3 Å². The lowest BCUT2D eigenvalue weighted by atomic mass is 9.88. The molecule has 0 aromatic carbocycles. The predicted molar refractivity (Wildman–Crippen MR) is 71.3 cm³/mol. The minimum absolute atomic E-state index is 0.971. The second-order valence-corrected chi connectivity index (χ2v) is 6.26. The van der Waals surface area contributed by atoms with Crippen LogP contribution in [-0.2, 0) is 4.79 Å². The highest BCUT2D eigenvalue weighted by Gasteiger charge is 2.93. The van der Waals surface area contributed by atoms with Gasteiger partial charge in [-0.3, -0.25) is 0 Å². The molecule has 0 aromatic rings. The number of aliphatic carboxylic acids is 1. The number of halogens is 16. The molecular weight excluding hydrogens is 504 g/mol. The largest absolute Gasteiger partial charge is 0.478 e. The van der Waals surface area contributed by atoms with E-state index in [1.165, 1.54) is 0 Å². The van der Waals surface area contributed by atoms with Crippen LogP contribution in [0.5, 0.6) is 0 Å². The van der Waals surface area contributed by atoms with Crippen molar-refractivity contribution in [3.63, 3.8) is 0 Å². The van der Waals surface area contributed by atoms with E-state index in [1.54, 1.807) is 0 Å². The molecule has 0 aliphatic heterocycles. The average molecular weight is 514 g/mol. The Bertz CT molecular complexity index is 712. The molecule has 0 fully saturated rings. The van der Waals surface area contributed by atoms with Crippen molar-refractivity contribution in [3.8, 4) is 0 Å². The highest BCUT2D eigenvalue weighted by molar-refractivity contribution is 5.85. The van der Waals surface area contributed by atoms with Crippen molar-refractivity contribution < 1.29 is 80.1 Å². The summed E-state index contributed by atoms with van der Waals surface area (Å²) >= 11 is 0. The Kier molecular flexibility index (Phi) is 7.95. The summed E-state index contributed by atoms with van der Waals surface area (Å²) < 4.78 is 209. The molecule has 190 valence electrons. The predicted octanol–water partition coefficient (Wildman–Crippen LogP) is 6.51. The fourth-order valence-corrected chi connectivity index (χ4v) is 1.96. The van der Waals surface area contributed by atoms with Crippen LogP contribution in [0, 0.1) is 0 Å². The summed E-state index contributed by atoms with van der Waals surface area (Å²) in [5.41, 5.74) is -0.971. The third-order valence-electron chi connectivity index (χ3n) is 4.00. The van der Waals surface area contributed by atoms with Crippen molar-refractivity contribution in [2.45, 2.75) is 67.1 Å². The Morgan fingerprint density at radius 2 is 1.03 bits per heavy atom. The maximum atomic E-state index is 13.5. The molecular formula is C14H10F16O2. The van der Waals surface area contributed by atoms with Crippen LogP contribution >= 0.6 is 0 Å². The number of carbonyl (C=O) groups is 1. The van der Waals surface area contributed by atoms with Gasteiger partial charge < -0.3 is 5.11 Å². The van der Waals surface area contributed by atoms with E-state index in [-0.39, 0.29) is 0 Å². The fraction of sp³-hybridized carbons (Fsp3) is 0.786. The summed E-state index contributed by atoms with van der Waals surface area (Å²) in [7, 11) is 0. The fourth-order valence-electron chi connectivity index (χ4n) is 1.96. The number of alkyl halides is 16. The van der Waals surface area contributed by atoms with Crippen LogP contribution in [0.25, 0.3) is 0 Å². The number of rotatable bonds is 12. The van der Waals surface area contributed by atoms with Crippen molar-refractivity contribution in [1.29, 1.82) is 0 Å². The van der Waals surface area contributed by atoms with Gasteiger partial charge in [-0.1, -0.05) is 6.58 Å². The summed E-state index contributed by atoms with van der Waals surface area (Å²) in [5, 5.41) is 8.35. The summed E-state index contributed by atoms with van der Waals surface area (Å²) in [6.07, 6.45) is -11.2. The van der Waals surface area contributed by atoms with E-state index in [0.717, 1.165) is 0 Å². The first-order valence-corrected chi connectivity index (χ1v) is 7.61. The lowest BCUT2D eigenvalue weighted by molar-refractivity contribution is -0.447. The zero-order valence-electron chi connectivity index (χ0n) is 14.8. The normalized spacial score (nSPS) is 15.3. The third kappa shape index (κ3) is 4.32. The van der Waals surface area contributed by atoms with Crippen LogP contribution in [0.4, 0.5) is 70.2 Å². The van der Waals surface area contributed by atoms with E-state index >= 15 is 0 Å². The number of hydrogen-bond acceptors (Lipinski definition) is 1. The quantitative estimate of drug-likeness (QED) is 0.238. The van der Waals surface area contributed by atoms with E-state index in [1.807, 2.05) is 0 Å². The molecule has 0 aliphatic carbocycles. The molecule has 0 aromatic heterocycles. The Morgan fingerprint density at radius 1 is 0.688 bits per heavy atom.